The molecule has 1 aromatic rings. The van der Waals surface area contributed by atoms with Gasteiger partial charge in [-0.25, -0.2) is 0 Å². The highest BCUT2D eigenvalue weighted by Crippen LogP contribution is 2.16. The maximum atomic E-state index is 11.7. The number of ketones is 1. The average molecular weight is 247 g/mol. The lowest BCUT2D eigenvalue weighted by molar-refractivity contribution is 0.0986. The molecule has 0 saturated heterocycles. The second kappa shape index (κ2) is 5.99. The molecule has 15 heavy (non-hydrogen) atoms. The van der Waals surface area contributed by atoms with Gasteiger partial charge in [0.25, 0.3) is 0 Å². The Hall–Kier alpha value is -0.730. The monoisotopic (exact) mass is 246 g/mol. The minimum atomic E-state index is -0.545. The Morgan fingerprint density at radius 3 is 2.47 bits per heavy atom. The fraction of sp³-hybridized carbons (Fsp3) is 0.364. The summed E-state index contributed by atoms with van der Waals surface area (Å²) in [6.07, 6.45) is 0.480. The molecule has 0 amide bonds. The number of ether oxygens (including phenoxy) is 1. The van der Waals surface area contributed by atoms with Crippen molar-refractivity contribution in [2.75, 3.05) is 13.0 Å². The smallest absolute Gasteiger partial charge is 0.180 e. The molecule has 0 aliphatic rings. The highest BCUT2D eigenvalue weighted by atomic mass is 35.5. The third-order valence-electron chi connectivity index (χ3n) is 2.02. The number of hydrogen-bond donors (Lipinski definition) is 0. The zero-order valence-corrected chi connectivity index (χ0v) is 9.89. The highest BCUT2D eigenvalue weighted by molar-refractivity contribution is 6.34. The predicted octanol–water partition coefficient (Wildman–Crippen LogP) is 3.11. The molecule has 82 valence electrons. The third kappa shape index (κ3) is 3.40. The van der Waals surface area contributed by atoms with Crippen LogP contribution in [0.15, 0.2) is 24.3 Å². The van der Waals surface area contributed by atoms with Gasteiger partial charge in [-0.1, -0.05) is 0 Å². The number of hydrogen-bond acceptors (Lipinski definition) is 2. The molecule has 1 unspecified atom stereocenters. The second-order valence-electron chi connectivity index (χ2n) is 3.04. The van der Waals surface area contributed by atoms with Crippen molar-refractivity contribution < 1.29 is 9.53 Å². The number of alkyl halides is 2. The first-order valence-electron chi connectivity index (χ1n) is 4.57. The molecule has 0 N–H and O–H groups in total. The molecule has 0 fully saturated rings. The highest BCUT2D eigenvalue weighted by Gasteiger charge is 2.16. The van der Waals surface area contributed by atoms with Gasteiger partial charge in [0.1, 0.15) is 5.75 Å². The first-order chi connectivity index (χ1) is 7.19. The zero-order chi connectivity index (χ0) is 11.3. The van der Waals surface area contributed by atoms with Crippen LogP contribution in [0, 0.1) is 0 Å². The van der Waals surface area contributed by atoms with Gasteiger partial charge in [-0.15, -0.1) is 23.2 Å². The van der Waals surface area contributed by atoms with Crippen molar-refractivity contribution in [1.82, 2.24) is 0 Å². The van der Waals surface area contributed by atoms with E-state index in [0.29, 0.717) is 17.9 Å². The van der Waals surface area contributed by atoms with Crippen molar-refractivity contribution in [3.8, 4) is 5.75 Å². The van der Waals surface area contributed by atoms with Crippen molar-refractivity contribution in [3.63, 3.8) is 0 Å². The molecule has 0 heterocycles. The maximum Gasteiger partial charge on any atom is 0.180 e. The van der Waals surface area contributed by atoms with Crippen LogP contribution >= 0.6 is 23.2 Å². The van der Waals surface area contributed by atoms with Gasteiger partial charge < -0.3 is 4.74 Å². The molecule has 2 nitrogen and oxygen atoms in total. The summed E-state index contributed by atoms with van der Waals surface area (Å²) in [6, 6.07) is 6.87. The summed E-state index contributed by atoms with van der Waals surface area (Å²) in [5, 5.41) is -0.545. The van der Waals surface area contributed by atoms with E-state index in [1.165, 1.54) is 0 Å². The van der Waals surface area contributed by atoms with Crippen molar-refractivity contribution in [2.45, 2.75) is 11.8 Å². The van der Waals surface area contributed by atoms with E-state index in [0.717, 1.165) is 5.75 Å². The van der Waals surface area contributed by atoms with Gasteiger partial charge in [0.15, 0.2) is 5.78 Å². The maximum absolute atomic E-state index is 11.7. The molecular formula is C11H12Cl2O2. The Morgan fingerprint density at radius 2 is 2.00 bits per heavy atom. The van der Waals surface area contributed by atoms with E-state index < -0.39 is 5.38 Å². The summed E-state index contributed by atoms with van der Waals surface area (Å²) in [4.78, 5) is 11.7. The van der Waals surface area contributed by atoms with E-state index in [-0.39, 0.29) is 5.78 Å². The van der Waals surface area contributed by atoms with Crippen LogP contribution in [0.4, 0.5) is 0 Å². The molecule has 4 heteroatoms. The van der Waals surface area contributed by atoms with E-state index in [2.05, 4.69) is 0 Å². The Kier molecular flexibility index (Phi) is 4.92. The summed E-state index contributed by atoms with van der Waals surface area (Å²) in [7, 11) is 1.58. The summed E-state index contributed by atoms with van der Waals surface area (Å²) in [5.74, 6) is 1.01. The molecule has 0 spiro atoms. The summed E-state index contributed by atoms with van der Waals surface area (Å²) in [6.45, 7) is 0. The topological polar surface area (TPSA) is 26.3 Å². The van der Waals surface area contributed by atoms with Gasteiger partial charge in [0.2, 0.25) is 0 Å². The van der Waals surface area contributed by atoms with Gasteiger partial charge in [-0.3, -0.25) is 4.79 Å². The Bertz CT molecular complexity index is 322. The van der Waals surface area contributed by atoms with E-state index in [1.54, 1.807) is 31.4 Å². The van der Waals surface area contributed by atoms with Crippen LogP contribution in [-0.2, 0) is 0 Å². The zero-order valence-electron chi connectivity index (χ0n) is 8.37. The molecule has 0 radical (unpaired) electrons. The standard InChI is InChI=1S/C11H12Cl2O2/c1-15-9-4-2-8(3-5-9)11(14)10(13)6-7-12/h2-5,10H,6-7H2,1H3. The van der Waals surface area contributed by atoms with E-state index >= 15 is 0 Å². The molecule has 0 aliphatic carbocycles. The first-order valence-corrected chi connectivity index (χ1v) is 5.54. The predicted molar refractivity (Wildman–Crippen MR) is 62.3 cm³/mol. The van der Waals surface area contributed by atoms with Crippen LogP contribution in [0.5, 0.6) is 5.75 Å². The lowest BCUT2D eigenvalue weighted by atomic mass is 10.1. The summed E-state index contributed by atoms with van der Waals surface area (Å²) >= 11 is 11.4. The molecule has 0 saturated carbocycles. The van der Waals surface area contributed by atoms with E-state index in [1.807, 2.05) is 0 Å². The number of halogens is 2. The van der Waals surface area contributed by atoms with Gasteiger partial charge >= 0.3 is 0 Å². The van der Waals surface area contributed by atoms with Gasteiger partial charge in [-0.2, -0.15) is 0 Å². The molecule has 1 atom stereocenters. The number of rotatable bonds is 5. The first kappa shape index (κ1) is 12.3. The van der Waals surface area contributed by atoms with Crippen LogP contribution in [-0.4, -0.2) is 24.2 Å². The number of benzene rings is 1. The number of Topliss-reactive ketones (excluding diaryl/α,β-unsaturated/α-hetero) is 1. The van der Waals surface area contributed by atoms with Crippen LogP contribution < -0.4 is 4.74 Å². The number of carbonyl (C=O) groups excluding carboxylic acids is 1. The lowest BCUT2D eigenvalue weighted by Crippen LogP contribution is -2.15. The van der Waals surface area contributed by atoms with Crippen LogP contribution in [0.2, 0.25) is 0 Å². The van der Waals surface area contributed by atoms with Crippen molar-refractivity contribution >= 4 is 29.0 Å². The average Bonchev–Trinajstić information content (AvgIpc) is 2.28. The van der Waals surface area contributed by atoms with E-state index in [9.17, 15) is 4.79 Å². The summed E-state index contributed by atoms with van der Waals surface area (Å²) < 4.78 is 4.99. The Labute approximate surface area is 99.1 Å². The SMILES string of the molecule is COc1ccc(C(=O)C(Cl)CCCl)cc1. The number of methoxy groups -OCH3 is 1. The van der Waals surface area contributed by atoms with Crippen LogP contribution in [0.25, 0.3) is 0 Å². The molecule has 1 rings (SSSR count). The van der Waals surface area contributed by atoms with Crippen LogP contribution in [0.3, 0.4) is 0 Å². The van der Waals surface area contributed by atoms with Crippen molar-refractivity contribution in [1.29, 1.82) is 0 Å². The quantitative estimate of drug-likeness (QED) is 0.590. The lowest BCUT2D eigenvalue weighted by Gasteiger charge is -2.07. The Balaban J connectivity index is 2.73. The van der Waals surface area contributed by atoms with Crippen molar-refractivity contribution in [3.05, 3.63) is 29.8 Å². The third-order valence-corrected chi connectivity index (χ3v) is 2.66. The largest absolute Gasteiger partial charge is 0.497 e. The normalized spacial score (nSPS) is 12.2. The molecule has 0 aromatic heterocycles. The van der Waals surface area contributed by atoms with Gasteiger partial charge in [0, 0.05) is 11.4 Å². The minimum Gasteiger partial charge on any atom is -0.497 e. The summed E-state index contributed by atoms with van der Waals surface area (Å²) in [5.41, 5.74) is 0.584. The fourth-order valence-electron chi connectivity index (χ4n) is 1.16. The minimum absolute atomic E-state index is 0.0973. The second-order valence-corrected chi connectivity index (χ2v) is 3.94. The Morgan fingerprint density at radius 1 is 1.40 bits per heavy atom. The van der Waals surface area contributed by atoms with Gasteiger partial charge in [0.05, 0.1) is 12.5 Å². The van der Waals surface area contributed by atoms with E-state index in [4.69, 9.17) is 27.9 Å². The molecule has 0 aliphatic heterocycles. The fourth-order valence-corrected chi connectivity index (χ4v) is 1.73. The van der Waals surface area contributed by atoms with Crippen LogP contribution in [0.1, 0.15) is 16.8 Å². The molecular weight excluding hydrogens is 235 g/mol. The molecule has 1 aromatic carbocycles. The van der Waals surface area contributed by atoms with Gasteiger partial charge in [-0.05, 0) is 30.7 Å². The molecule has 0 bridgehead atoms. The number of carbonyl (C=O) groups is 1. The van der Waals surface area contributed by atoms with Crippen molar-refractivity contribution in [2.24, 2.45) is 0 Å².